The summed E-state index contributed by atoms with van der Waals surface area (Å²) in [4.78, 5) is 0. The van der Waals surface area contributed by atoms with Gasteiger partial charge in [-0.25, -0.2) is 0 Å². The third-order valence-electron chi connectivity index (χ3n) is 0.925. The average Bonchev–Trinajstić information content (AvgIpc) is 1.81. The molecule has 13 heavy (non-hydrogen) atoms. The Morgan fingerprint density at radius 1 is 1.15 bits per heavy atom. The molecule has 10 heteroatoms. The molecule has 0 rings (SSSR count). The SMILES string of the molecule is O=S(=O)(O)C(Cl)C(F)(F)C(F)(F)F. The predicted molar refractivity (Wildman–Crippen MR) is 32.2 cm³/mol. The zero-order valence-electron chi connectivity index (χ0n) is 5.52. The van der Waals surface area contributed by atoms with E-state index in [4.69, 9.17) is 4.55 Å². The van der Waals surface area contributed by atoms with Crippen molar-refractivity contribution < 1.29 is 34.9 Å². The maximum atomic E-state index is 12.0. The Morgan fingerprint density at radius 2 is 1.46 bits per heavy atom. The van der Waals surface area contributed by atoms with Gasteiger partial charge < -0.3 is 0 Å². The van der Waals surface area contributed by atoms with E-state index < -0.39 is 26.9 Å². The van der Waals surface area contributed by atoms with E-state index in [0.29, 0.717) is 0 Å². The van der Waals surface area contributed by atoms with Gasteiger partial charge in [-0.15, -0.1) is 0 Å². The average molecular weight is 249 g/mol. The second kappa shape index (κ2) is 3.21. The van der Waals surface area contributed by atoms with E-state index in [1.165, 1.54) is 0 Å². The lowest BCUT2D eigenvalue weighted by Gasteiger charge is -2.21. The summed E-state index contributed by atoms with van der Waals surface area (Å²) in [5, 5.41) is 0. The highest BCUT2D eigenvalue weighted by Crippen LogP contribution is 2.41. The van der Waals surface area contributed by atoms with Crippen LogP contribution in [-0.2, 0) is 10.1 Å². The normalized spacial score (nSPS) is 17.2. The molecule has 0 aromatic carbocycles. The summed E-state index contributed by atoms with van der Waals surface area (Å²) >= 11 is 4.23. The molecule has 0 bridgehead atoms. The van der Waals surface area contributed by atoms with Gasteiger partial charge in [0.05, 0.1) is 0 Å². The summed E-state index contributed by atoms with van der Waals surface area (Å²) in [5.41, 5.74) is 0. The summed E-state index contributed by atoms with van der Waals surface area (Å²) in [6, 6.07) is 0. The van der Waals surface area contributed by atoms with E-state index >= 15 is 0 Å². The van der Waals surface area contributed by atoms with Crippen molar-refractivity contribution in [1.82, 2.24) is 0 Å². The summed E-state index contributed by atoms with van der Waals surface area (Å²) in [5.74, 6) is -5.69. The number of hydrogen-bond acceptors (Lipinski definition) is 2. The van der Waals surface area contributed by atoms with Crippen LogP contribution in [0.4, 0.5) is 22.0 Å². The Morgan fingerprint density at radius 3 is 1.54 bits per heavy atom. The van der Waals surface area contributed by atoms with Crippen LogP contribution >= 0.6 is 11.6 Å². The molecule has 0 aromatic heterocycles. The summed E-state index contributed by atoms with van der Waals surface area (Å²) in [6.07, 6.45) is -6.13. The van der Waals surface area contributed by atoms with Crippen LogP contribution in [0.3, 0.4) is 0 Å². The first kappa shape index (κ1) is 12.8. The predicted octanol–water partition coefficient (Wildman–Crippen LogP) is 1.64. The van der Waals surface area contributed by atoms with E-state index in [0.717, 1.165) is 0 Å². The minimum atomic E-state index is -6.13. The second-order valence-electron chi connectivity index (χ2n) is 1.95. The van der Waals surface area contributed by atoms with Crippen molar-refractivity contribution in [3.8, 4) is 0 Å². The minimum absolute atomic E-state index is 3.74. The highest BCUT2D eigenvalue weighted by molar-refractivity contribution is 7.87. The molecule has 0 saturated carbocycles. The molecule has 0 amide bonds. The highest BCUT2D eigenvalue weighted by Gasteiger charge is 2.66. The molecule has 0 aliphatic heterocycles. The summed E-state index contributed by atoms with van der Waals surface area (Å²) in [7, 11) is -5.65. The molecule has 0 aliphatic rings. The lowest BCUT2D eigenvalue weighted by atomic mass is 10.4. The van der Waals surface area contributed by atoms with E-state index in [1.807, 2.05) is 0 Å². The number of alkyl halides is 6. The molecule has 80 valence electrons. The summed E-state index contributed by atoms with van der Waals surface area (Å²) in [6.45, 7) is 0. The lowest BCUT2D eigenvalue weighted by Crippen LogP contribution is -2.47. The lowest BCUT2D eigenvalue weighted by molar-refractivity contribution is -0.276. The van der Waals surface area contributed by atoms with Gasteiger partial charge in [0, 0.05) is 0 Å². The first-order chi connectivity index (χ1) is 5.40. The van der Waals surface area contributed by atoms with Crippen molar-refractivity contribution in [3.05, 3.63) is 0 Å². The zero-order valence-corrected chi connectivity index (χ0v) is 7.09. The van der Waals surface area contributed by atoms with Crippen molar-refractivity contribution >= 4 is 21.7 Å². The smallest absolute Gasteiger partial charge is 0.284 e. The molecule has 1 N–H and O–H groups in total. The molecule has 0 fully saturated rings. The number of hydrogen-bond donors (Lipinski definition) is 1. The molecule has 0 aromatic rings. The Labute approximate surface area is 74.2 Å². The third-order valence-corrected chi connectivity index (χ3v) is 2.69. The van der Waals surface area contributed by atoms with Gasteiger partial charge in [0.2, 0.25) is 4.71 Å². The van der Waals surface area contributed by atoms with Crippen molar-refractivity contribution in [1.29, 1.82) is 0 Å². The van der Waals surface area contributed by atoms with Crippen LogP contribution in [0, 0.1) is 0 Å². The van der Waals surface area contributed by atoms with E-state index in [-0.39, 0.29) is 0 Å². The van der Waals surface area contributed by atoms with Crippen molar-refractivity contribution in [3.63, 3.8) is 0 Å². The molecule has 1 atom stereocenters. The summed E-state index contributed by atoms with van der Waals surface area (Å²) < 4.78 is 82.1. The van der Waals surface area contributed by atoms with Gasteiger partial charge in [0.25, 0.3) is 10.1 Å². The largest absolute Gasteiger partial charge is 0.456 e. The van der Waals surface area contributed by atoms with Gasteiger partial charge in [0.15, 0.2) is 0 Å². The van der Waals surface area contributed by atoms with Crippen LogP contribution in [0.2, 0.25) is 0 Å². The topological polar surface area (TPSA) is 54.4 Å². The monoisotopic (exact) mass is 248 g/mol. The van der Waals surface area contributed by atoms with Crippen molar-refractivity contribution in [2.24, 2.45) is 0 Å². The standard InChI is InChI=1S/C3H2ClF5O3S/c4-1(13(10,11)12)2(5,6)3(7,8)9/h1H,(H,10,11,12). The maximum Gasteiger partial charge on any atom is 0.456 e. The Bertz CT molecular complexity index is 282. The van der Waals surface area contributed by atoms with E-state index in [1.54, 1.807) is 0 Å². The molecule has 1 unspecified atom stereocenters. The van der Waals surface area contributed by atoms with Crippen LogP contribution < -0.4 is 0 Å². The van der Waals surface area contributed by atoms with Gasteiger partial charge in [0.1, 0.15) is 0 Å². The molecular weight excluding hydrogens is 247 g/mol. The fourth-order valence-corrected chi connectivity index (χ4v) is 0.947. The highest BCUT2D eigenvalue weighted by atomic mass is 35.5. The number of halogens is 6. The molecule has 0 heterocycles. The van der Waals surface area contributed by atoms with Crippen molar-refractivity contribution in [2.45, 2.75) is 16.8 Å². The Balaban J connectivity index is 5.09. The fraction of sp³-hybridized carbons (Fsp3) is 1.00. The molecule has 0 aliphatic carbocycles. The van der Waals surface area contributed by atoms with Gasteiger partial charge in [-0.1, -0.05) is 11.6 Å². The van der Waals surface area contributed by atoms with Gasteiger partial charge in [-0.3, -0.25) is 4.55 Å². The minimum Gasteiger partial charge on any atom is -0.284 e. The van der Waals surface area contributed by atoms with Crippen molar-refractivity contribution in [2.75, 3.05) is 0 Å². The van der Waals surface area contributed by atoms with Crippen LogP contribution in [-0.4, -0.2) is 29.8 Å². The van der Waals surface area contributed by atoms with Gasteiger partial charge in [-0.2, -0.15) is 30.4 Å². The third kappa shape index (κ3) is 2.64. The maximum absolute atomic E-state index is 12.0. The van der Waals surface area contributed by atoms with E-state index in [9.17, 15) is 30.4 Å². The van der Waals surface area contributed by atoms with Crippen LogP contribution in [0.15, 0.2) is 0 Å². The first-order valence-corrected chi connectivity index (χ1v) is 4.39. The molecular formula is C3H2ClF5O3S. The quantitative estimate of drug-likeness (QED) is 0.459. The zero-order chi connectivity index (χ0) is 11.1. The first-order valence-electron chi connectivity index (χ1n) is 2.45. The number of rotatable bonds is 2. The second-order valence-corrected chi connectivity index (χ2v) is 4.15. The Kier molecular flexibility index (Phi) is 3.17. The van der Waals surface area contributed by atoms with Gasteiger partial charge >= 0.3 is 12.1 Å². The van der Waals surface area contributed by atoms with Crippen LogP contribution in [0.1, 0.15) is 0 Å². The van der Waals surface area contributed by atoms with Crippen LogP contribution in [0.5, 0.6) is 0 Å². The van der Waals surface area contributed by atoms with E-state index in [2.05, 4.69) is 11.6 Å². The van der Waals surface area contributed by atoms with Gasteiger partial charge in [-0.05, 0) is 0 Å². The molecule has 0 spiro atoms. The van der Waals surface area contributed by atoms with Crippen LogP contribution in [0.25, 0.3) is 0 Å². The molecule has 3 nitrogen and oxygen atoms in total. The molecule has 0 radical (unpaired) electrons. The fourth-order valence-electron chi connectivity index (χ4n) is 0.316. The molecule has 0 saturated heterocycles. The Hall–Kier alpha value is -0.150.